The van der Waals surface area contributed by atoms with Crippen molar-refractivity contribution in [2.24, 2.45) is 0 Å². The molecule has 0 atom stereocenters. The Morgan fingerprint density at radius 1 is 1.29 bits per heavy atom. The van der Waals surface area contributed by atoms with Crippen LogP contribution < -0.4 is 10.6 Å². The number of amides is 2. The lowest BCUT2D eigenvalue weighted by Gasteiger charge is -2.04. The van der Waals surface area contributed by atoms with Crippen LogP contribution in [0.3, 0.4) is 0 Å². The van der Waals surface area contributed by atoms with E-state index < -0.39 is 0 Å². The lowest BCUT2D eigenvalue weighted by molar-refractivity contribution is 0.217. The molecule has 0 heterocycles. The van der Waals surface area contributed by atoms with Gasteiger partial charge in [0.05, 0.1) is 0 Å². The fraction of sp³-hybridized carbons (Fsp3) is 0.700. The minimum Gasteiger partial charge on any atom is -0.376 e. The largest absolute Gasteiger partial charge is 0.376 e. The van der Waals surface area contributed by atoms with Crippen LogP contribution in [0, 0.1) is 0 Å². The molecular weight excluding hydrogens is 180 g/mol. The quantitative estimate of drug-likeness (QED) is 0.330. The van der Waals surface area contributed by atoms with Gasteiger partial charge in [-0.05, 0) is 26.2 Å². The molecule has 4 nitrogen and oxygen atoms in total. The Labute approximate surface area is 85.4 Å². The van der Waals surface area contributed by atoms with Crippen LogP contribution in [0.15, 0.2) is 12.2 Å². The van der Waals surface area contributed by atoms with Crippen molar-refractivity contribution in [3.63, 3.8) is 0 Å². The minimum atomic E-state index is -0.312. The second kappa shape index (κ2) is 10.1. The highest BCUT2D eigenvalue weighted by atomic mass is 16.3. The van der Waals surface area contributed by atoms with Crippen LogP contribution in [0.5, 0.6) is 0 Å². The van der Waals surface area contributed by atoms with Gasteiger partial charge in [-0.15, -0.1) is 0 Å². The molecule has 0 radical (unpaired) electrons. The van der Waals surface area contributed by atoms with E-state index in [1.165, 1.54) is 0 Å². The highest BCUT2D eigenvalue weighted by molar-refractivity contribution is 5.73. The Morgan fingerprint density at radius 3 is 2.71 bits per heavy atom. The van der Waals surface area contributed by atoms with E-state index in [2.05, 4.69) is 16.7 Å². The van der Waals surface area contributed by atoms with Crippen molar-refractivity contribution in [1.29, 1.82) is 0 Å². The molecule has 0 aliphatic heterocycles. The van der Waals surface area contributed by atoms with Gasteiger partial charge in [0.25, 0.3) is 0 Å². The van der Waals surface area contributed by atoms with Crippen molar-refractivity contribution in [3.05, 3.63) is 12.2 Å². The van der Waals surface area contributed by atoms with Crippen molar-refractivity contribution in [2.75, 3.05) is 13.3 Å². The number of nitrogens with one attached hydrogen (secondary N) is 2. The van der Waals surface area contributed by atoms with Crippen molar-refractivity contribution in [1.82, 2.24) is 10.6 Å². The second-order valence-corrected chi connectivity index (χ2v) is 3.01. The molecule has 0 aliphatic rings. The van der Waals surface area contributed by atoms with E-state index in [1.807, 2.05) is 13.0 Å². The van der Waals surface area contributed by atoms with Gasteiger partial charge in [-0.25, -0.2) is 4.79 Å². The molecule has 0 rings (SSSR count). The topological polar surface area (TPSA) is 61.4 Å². The molecule has 0 saturated heterocycles. The summed E-state index contributed by atoms with van der Waals surface area (Å²) in [5.74, 6) is 0. The van der Waals surface area contributed by atoms with E-state index in [4.69, 9.17) is 5.11 Å². The zero-order valence-corrected chi connectivity index (χ0v) is 8.75. The predicted octanol–water partition coefficient (Wildman–Crippen LogP) is 1.37. The van der Waals surface area contributed by atoms with Crippen LogP contribution in [0.2, 0.25) is 0 Å². The van der Waals surface area contributed by atoms with Crippen LogP contribution in [0.1, 0.15) is 32.6 Å². The minimum absolute atomic E-state index is 0.305. The summed E-state index contributed by atoms with van der Waals surface area (Å²) in [4.78, 5) is 10.8. The van der Waals surface area contributed by atoms with Gasteiger partial charge in [0, 0.05) is 6.54 Å². The maximum atomic E-state index is 10.8. The number of hydrogen-bond donors (Lipinski definition) is 3. The third kappa shape index (κ3) is 9.06. The summed E-state index contributed by atoms with van der Waals surface area (Å²) in [7, 11) is 0. The van der Waals surface area contributed by atoms with Gasteiger partial charge in [-0.2, -0.15) is 0 Å². The highest BCUT2D eigenvalue weighted by Crippen LogP contribution is 1.99. The van der Waals surface area contributed by atoms with Gasteiger partial charge in [0.15, 0.2) is 0 Å². The highest BCUT2D eigenvalue weighted by Gasteiger charge is 1.95. The van der Waals surface area contributed by atoms with Crippen molar-refractivity contribution in [2.45, 2.75) is 32.6 Å². The fourth-order valence-corrected chi connectivity index (χ4v) is 1.07. The monoisotopic (exact) mass is 200 g/mol. The van der Waals surface area contributed by atoms with Crippen LogP contribution >= 0.6 is 0 Å². The van der Waals surface area contributed by atoms with E-state index in [0.717, 1.165) is 25.7 Å². The van der Waals surface area contributed by atoms with Gasteiger partial charge in [-0.3, -0.25) is 0 Å². The van der Waals surface area contributed by atoms with E-state index >= 15 is 0 Å². The Bertz CT molecular complexity index is 170. The molecule has 0 fully saturated rings. The fourth-order valence-electron chi connectivity index (χ4n) is 1.07. The molecule has 0 aromatic heterocycles. The SMILES string of the molecule is C/C=C/CCCCCNC(=O)NCO. The summed E-state index contributed by atoms with van der Waals surface area (Å²) in [6, 6.07) is -0.305. The van der Waals surface area contributed by atoms with Crippen LogP contribution in [-0.4, -0.2) is 24.4 Å². The van der Waals surface area contributed by atoms with Crippen molar-refractivity contribution >= 4 is 6.03 Å². The zero-order chi connectivity index (χ0) is 10.6. The molecular formula is C10H20N2O2. The van der Waals surface area contributed by atoms with E-state index in [9.17, 15) is 4.79 Å². The maximum absolute atomic E-state index is 10.8. The van der Waals surface area contributed by atoms with Crippen LogP contribution in [0.4, 0.5) is 4.79 Å². The molecule has 4 heteroatoms. The van der Waals surface area contributed by atoms with Crippen LogP contribution in [-0.2, 0) is 0 Å². The maximum Gasteiger partial charge on any atom is 0.316 e. The molecule has 0 spiro atoms. The molecule has 2 amide bonds. The summed E-state index contributed by atoms with van der Waals surface area (Å²) in [6.07, 6.45) is 8.56. The molecule has 0 aromatic rings. The molecule has 0 aliphatic carbocycles. The first-order valence-corrected chi connectivity index (χ1v) is 5.05. The predicted molar refractivity (Wildman–Crippen MR) is 56.9 cm³/mol. The van der Waals surface area contributed by atoms with Gasteiger partial charge in [0.2, 0.25) is 0 Å². The molecule has 0 aromatic carbocycles. The number of unbranched alkanes of at least 4 members (excludes halogenated alkanes) is 3. The molecule has 0 unspecified atom stereocenters. The van der Waals surface area contributed by atoms with Gasteiger partial charge in [-0.1, -0.05) is 18.6 Å². The van der Waals surface area contributed by atoms with E-state index in [0.29, 0.717) is 6.54 Å². The van der Waals surface area contributed by atoms with E-state index in [1.54, 1.807) is 0 Å². The summed E-state index contributed by atoms with van der Waals surface area (Å²) in [6.45, 7) is 2.37. The molecule has 82 valence electrons. The number of carbonyl (C=O) groups excluding carboxylic acids is 1. The van der Waals surface area contributed by atoms with Gasteiger partial charge < -0.3 is 15.7 Å². The van der Waals surface area contributed by atoms with Gasteiger partial charge >= 0.3 is 6.03 Å². The molecule has 0 bridgehead atoms. The third-order valence-electron chi connectivity index (χ3n) is 1.81. The average Bonchev–Trinajstić information content (AvgIpc) is 2.17. The Hall–Kier alpha value is -1.03. The Kier molecular flexibility index (Phi) is 9.31. The molecule has 0 saturated carbocycles. The normalized spacial score (nSPS) is 10.4. The number of urea groups is 1. The number of aliphatic hydroxyl groups excluding tert-OH is 1. The number of rotatable bonds is 7. The van der Waals surface area contributed by atoms with Crippen molar-refractivity contribution < 1.29 is 9.90 Å². The first-order valence-electron chi connectivity index (χ1n) is 5.05. The first-order chi connectivity index (χ1) is 6.81. The van der Waals surface area contributed by atoms with Crippen molar-refractivity contribution in [3.8, 4) is 0 Å². The molecule has 3 N–H and O–H groups in total. The average molecular weight is 200 g/mol. The van der Waals surface area contributed by atoms with Gasteiger partial charge in [0.1, 0.15) is 6.73 Å². The summed E-state index contributed by atoms with van der Waals surface area (Å²) in [5.41, 5.74) is 0. The van der Waals surface area contributed by atoms with Crippen LogP contribution in [0.25, 0.3) is 0 Å². The zero-order valence-electron chi connectivity index (χ0n) is 8.75. The number of aliphatic hydroxyl groups is 1. The summed E-state index contributed by atoms with van der Waals surface area (Å²) < 4.78 is 0. The molecule has 14 heavy (non-hydrogen) atoms. The number of allylic oxidation sites excluding steroid dienone is 2. The smallest absolute Gasteiger partial charge is 0.316 e. The summed E-state index contributed by atoms with van der Waals surface area (Å²) >= 11 is 0. The third-order valence-corrected chi connectivity index (χ3v) is 1.81. The Morgan fingerprint density at radius 2 is 2.07 bits per heavy atom. The Balaban J connectivity index is 3.09. The standard InChI is InChI=1S/C10H20N2O2/c1-2-3-4-5-6-7-8-11-10(14)12-9-13/h2-3,13H,4-9H2,1H3,(H2,11,12,14)/b3-2+. The van der Waals surface area contributed by atoms with E-state index in [-0.39, 0.29) is 12.8 Å². The first kappa shape index (κ1) is 13.0. The lowest BCUT2D eigenvalue weighted by Crippen LogP contribution is -2.36. The second-order valence-electron chi connectivity index (χ2n) is 3.01. The number of hydrogen-bond acceptors (Lipinski definition) is 2. The number of carbonyl (C=O) groups is 1. The summed E-state index contributed by atoms with van der Waals surface area (Å²) in [5, 5.41) is 13.3. The lowest BCUT2D eigenvalue weighted by atomic mass is 10.2.